The number of hydrogen-bond donors (Lipinski definition) is 3. The summed E-state index contributed by atoms with van der Waals surface area (Å²) in [5.74, 6) is 2.33. The van der Waals surface area contributed by atoms with Crippen molar-refractivity contribution >= 4 is 40.5 Å². The quantitative estimate of drug-likeness (QED) is 0.468. The van der Waals surface area contributed by atoms with Crippen molar-refractivity contribution in [2.24, 2.45) is 11.8 Å². The number of aliphatic hydroxyl groups excluding tert-OH is 1. The number of β-amino-alcohol motifs (C(OH)–C–C–N with tert-alkyl or cyclic N) is 1. The van der Waals surface area contributed by atoms with Crippen LogP contribution in [0.5, 0.6) is 0 Å². The summed E-state index contributed by atoms with van der Waals surface area (Å²) >= 11 is 12.4. The lowest BCUT2D eigenvalue weighted by Crippen LogP contribution is -2.54. The third kappa shape index (κ3) is 5.44. The number of aliphatic hydroxyl groups is 1. The van der Waals surface area contributed by atoms with Crippen molar-refractivity contribution in [2.45, 2.75) is 25.8 Å². The van der Waals surface area contributed by atoms with Crippen molar-refractivity contribution in [3.63, 3.8) is 0 Å². The van der Waals surface area contributed by atoms with Crippen LogP contribution < -0.4 is 10.2 Å². The number of nitrogens with one attached hydrogen (secondary N) is 2. The zero-order chi connectivity index (χ0) is 24.2. The van der Waals surface area contributed by atoms with E-state index in [4.69, 9.17) is 33.6 Å². The lowest BCUT2D eigenvalue weighted by Gasteiger charge is -2.47. The average Bonchev–Trinajstić information content (AvgIpc) is 2.78. The molecule has 3 N–H and O–H groups in total. The number of piperidine rings is 1. The minimum Gasteiger partial charge on any atom is -0.395 e. The smallest absolute Gasteiger partial charge is 0.161 e. The highest BCUT2D eigenvalue weighted by atomic mass is 35.5. The van der Waals surface area contributed by atoms with Gasteiger partial charge in [0.1, 0.15) is 17.6 Å². The van der Waals surface area contributed by atoms with E-state index in [0.29, 0.717) is 27.7 Å². The lowest BCUT2D eigenvalue weighted by molar-refractivity contribution is 0.101. The van der Waals surface area contributed by atoms with E-state index in [1.54, 1.807) is 18.3 Å². The van der Waals surface area contributed by atoms with Crippen LogP contribution in [-0.2, 0) is 0 Å². The molecule has 2 aromatic rings. The molecule has 2 saturated heterocycles. The molecule has 0 bridgehead atoms. The highest BCUT2D eigenvalue weighted by molar-refractivity contribution is 6.35. The molecule has 34 heavy (non-hydrogen) atoms. The van der Waals surface area contributed by atoms with Gasteiger partial charge < -0.3 is 20.2 Å². The highest BCUT2D eigenvalue weighted by Gasteiger charge is 2.36. The molecule has 2 unspecified atom stereocenters. The molecule has 0 aliphatic carbocycles. The van der Waals surface area contributed by atoms with Gasteiger partial charge in [0.05, 0.1) is 18.8 Å². The standard InChI is InChI=1S/C24H29Cl2N7O/c1-15(19-5-4-18(25)9-20(19)26)30-24-23(21(28)10-27)29-11-22(31-24)33-13-17(14-33)16-3-2-6-32(12-16)7-8-34/h4-5,9,11,15-17,28,34H,2-3,6-8,12-14H2,1H3,(H,30,31). The summed E-state index contributed by atoms with van der Waals surface area (Å²) < 4.78 is 0. The van der Waals surface area contributed by atoms with Crippen molar-refractivity contribution in [3.8, 4) is 6.07 Å². The molecule has 0 saturated carbocycles. The molecule has 2 fully saturated rings. The van der Waals surface area contributed by atoms with E-state index in [9.17, 15) is 10.4 Å². The third-order valence-corrected chi connectivity index (χ3v) is 7.31. The first-order chi connectivity index (χ1) is 16.4. The van der Waals surface area contributed by atoms with E-state index < -0.39 is 0 Å². The Hall–Kier alpha value is -2.44. The molecule has 2 aliphatic heterocycles. The van der Waals surface area contributed by atoms with Crippen LogP contribution in [0, 0.1) is 28.6 Å². The van der Waals surface area contributed by atoms with Gasteiger partial charge in [-0.2, -0.15) is 5.26 Å². The summed E-state index contributed by atoms with van der Waals surface area (Å²) in [6, 6.07) is 6.93. The normalized spacial score (nSPS) is 19.9. The van der Waals surface area contributed by atoms with Crippen LogP contribution in [0.2, 0.25) is 10.0 Å². The Labute approximate surface area is 210 Å². The van der Waals surface area contributed by atoms with Gasteiger partial charge in [-0.3, -0.25) is 5.41 Å². The maximum Gasteiger partial charge on any atom is 0.161 e. The van der Waals surface area contributed by atoms with E-state index in [1.165, 1.54) is 12.8 Å². The predicted molar refractivity (Wildman–Crippen MR) is 135 cm³/mol. The Balaban J connectivity index is 1.48. The topological polar surface area (TPSA) is 112 Å². The van der Waals surface area contributed by atoms with Crippen LogP contribution >= 0.6 is 23.2 Å². The van der Waals surface area contributed by atoms with E-state index in [-0.39, 0.29) is 24.1 Å². The first-order valence-electron chi connectivity index (χ1n) is 11.5. The van der Waals surface area contributed by atoms with Gasteiger partial charge in [0.2, 0.25) is 0 Å². The van der Waals surface area contributed by atoms with Gasteiger partial charge in [-0.05, 0) is 55.8 Å². The SMILES string of the molecule is CC(Nc1nc(N2CC(C3CCCN(CCO)C3)C2)cnc1C(=N)C#N)c1ccc(Cl)cc1Cl. The summed E-state index contributed by atoms with van der Waals surface area (Å²) in [4.78, 5) is 13.7. The monoisotopic (exact) mass is 501 g/mol. The van der Waals surface area contributed by atoms with E-state index in [1.807, 2.05) is 19.1 Å². The lowest BCUT2D eigenvalue weighted by atomic mass is 9.80. The zero-order valence-corrected chi connectivity index (χ0v) is 20.6. The van der Waals surface area contributed by atoms with E-state index in [0.717, 1.165) is 44.1 Å². The van der Waals surface area contributed by atoms with Crippen molar-refractivity contribution < 1.29 is 5.11 Å². The minimum absolute atomic E-state index is 0.207. The predicted octanol–water partition coefficient (Wildman–Crippen LogP) is 3.99. The summed E-state index contributed by atoms with van der Waals surface area (Å²) in [6.45, 7) is 6.79. The fourth-order valence-corrected chi connectivity index (χ4v) is 5.39. The van der Waals surface area contributed by atoms with Crippen molar-refractivity contribution in [1.82, 2.24) is 14.9 Å². The summed E-state index contributed by atoms with van der Waals surface area (Å²) in [7, 11) is 0. The van der Waals surface area contributed by atoms with Crippen LogP contribution in [0.1, 0.15) is 37.1 Å². The number of hydrogen-bond acceptors (Lipinski definition) is 8. The Kier molecular flexibility index (Phi) is 7.89. The Morgan fingerprint density at radius 1 is 1.32 bits per heavy atom. The van der Waals surface area contributed by atoms with Crippen molar-refractivity contribution in [2.75, 3.05) is 49.5 Å². The molecule has 180 valence electrons. The number of likely N-dealkylation sites (tertiary alicyclic amines) is 1. The van der Waals surface area contributed by atoms with Crippen LogP contribution in [0.3, 0.4) is 0 Å². The van der Waals surface area contributed by atoms with Gasteiger partial charge in [-0.15, -0.1) is 0 Å². The Morgan fingerprint density at radius 3 is 2.82 bits per heavy atom. The second-order valence-electron chi connectivity index (χ2n) is 9.04. The second kappa shape index (κ2) is 10.9. The van der Waals surface area contributed by atoms with Gasteiger partial charge in [-0.1, -0.05) is 29.3 Å². The van der Waals surface area contributed by atoms with Crippen molar-refractivity contribution in [1.29, 1.82) is 10.7 Å². The molecule has 2 atom stereocenters. The molecular formula is C24H29Cl2N7O. The highest BCUT2D eigenvalue weighted by Crippen LogP contribution is 2.34. The first kappa shape index (κ1) is 24.7. The molecular weight excluding hydrogens is 473 g/mol. The van der Waals surface area contributed by atoms with Crippen LogP contribution in [0.15, 0.2) is 24.4 Å². The Bertz CT molecular complexity index is 1080. The number of rotatable bonds is 8. The number of benzene rings is 1. The molecule has 2 aliphatic rings. The molecule has 1 aromatic heterocycles. The third-order valence-electron chi connectivity index (χ3n) is 6.75. The first-order valence-corrected chi connectivity index (χ1v) is 12.3. The van der Waals surface area contributed by atoms with Crippen LogP contribution in [-0.4, -0.2) is 65.0 Å². The number of anilines is 2. The van der Waals surface area contributed by atoms with Gasteiger partial charge >= 0.3 is 0 Å². The van der Waals surface area contributed by atoms with Gasteiger partial charge in [0, 0.05) is 36.2 Å². The minimum atomic E-state index is -0.247. The maximum absolute atomic E-state index is 9.28. The molecule has 4 rings (SSSR count). The molecule has 0 spiro atoms. The summed E-state index contributed by atoms with van der Waals surface area (Å²) in [5.41, 5.74) is 0.803. The van der Waals surface area contributed by atoms with Crippen LogP contribution in [0.25, 0.3) is 0 Å². The largest absolute Gasteiger partial charge is 0.395 e. The van der Waals surface area contributed by atoms with Gasteiger partial charge in [0.25, 0.3) is 0 Å². The number of nitriles is 1. The van der Waals surface area contributed by atoms with Gasteiger partial charge in [-0.25, -0.2) is 9.97 Å². The fourth-order valence-electron chi connectivity index (χ4n) is 4.82. The molecule has 0 amide bonds. The molecule has 8 nitrogen and oxygen atoms in total. The number of halogens is 2. The average molecular weight is 502 g/mol. The van der Waals surface area contributed by atoms with Crippen LogP contribution in [0.4, 0.5) is 11.6 Å². The van der Waals surface area contributed by atoms with Gasteiger partial charge in [0.15, 0.2) is 11.5 Å². The summed E-state index contributed by atoms with van der Waals surface area (Å²) in [5, 5.41) is 30.9. The second-order valence-corrected chi connectivity index (χ2v) is 9.88. The Morgan fingerprint density at radius 2 is 2.12 bits per heavy atom. The number of aromatic nitrogens is 2. The number of nitrogens with zero attached hydrogens (tertiary/aromatic N) is 5. The zero-order valence-electron chi connectivity index (χ0n) is 19.1. The maximum atomic E-state index is 9.28. The van der Waals surface area contributed by atoms with E-state index >= 15 is 0 Å². The van der Waals surface area contributed by atoms with E-state index in [2.05, 4.69) is 20.1 Å². The molecule has 10 heteroatoms. The van der Waals surface area contributed by atoms with Crippen molar-refractivity contribution in [3.05, 3.63) is 45.7 Å². The molecule has 0 radical (unpaired) electrons. The summed E-state index contributed by atoms with van der Waals surface area (Å²) in [6.07, 6.45) is 4.03. The fraction of sp³-hybridized carbons (Fsp3) is 0.500. The molecule has 1 aromatic carbocycles. The molecule has 3 heterocycles.